The van der Waals surface area contributed by atoms with Crippen LogP contribution in [0.15, 0.2) is 48.2 Å². The average molecular weight is 570 g/mol. The van der Waals surface area contributed by atoms with Gasteiger partial charge in [-0.05, 0) is 47.5 Å². The number of ether oxygens (including phenoxy) is 1. The second-order valence-electron chi connectivity index (χ2n) is 8.77. The Morgan fingerprint density at radius 1 is 1.05 bits per heavy atom. The Balaban J connectivity index is 1.39. The predicted octanol–water partition coefficient (Wildman–Crippen LogP) is 2.91. The molecule has 0 saturated carbocycles. The molecule has 198 valence electrons. The molecule has 12 heteroatoms. The van der Waals surface area contributed by atoms with Gasteiger partial charge in [0.15, 0.2) is 9.84 Å². The molecule has 0 bridgehead atoms. The maximum Gasteiger partial charge on any atom is 0.251 e. The van der Waals surface area contributed by atoms with Gasteiger partial charge in [0, 0.05) is 37.3 Å². The number of carbonyl (C=O) groups is 2. The van der Waals surface area contributed by atoms with E-state index in [4.69, 9.17) is 27.9 Å². The normalized spacial score (nSPS) is 16.4. The van der Waals surface area contributed by atoms with Crippen LogP contribution in [0.4, 0.5) is 4.39 Å². The number of hydrogen-bond acceptors (Lipinski definition) is 6. The third kappa shape index (κ3) is 7.44. The number of carbonyl (C=O) groups excluding carboxylic acids is 2. The number of hydrogen-bond donors (Lipinski definition) is 2. The van der Waals surface area contributed by atoms with E-state index >= 15 is 0 Å². The van der Waals surface area contributed by atoms with E-state index in [1.54, 1.807) is 12.1 Å². The molecule has 8 nitrogen and oxygen atoms in total. The predicted molar refractivity (Wildman–Crippen MR) is 140 cm³/mol. The molecule has 1 heterocycles. The number of rotatable bonds is 10. The lowest BCUT2D eigenvalue weighted by Gasteiger charge is -2.30. The number of nitrogens with zero attached hydrogens (tertiary/aromatic N) is 1. The zero-order chi connectivity index (χ0) is 26.6. The van der Waals surface area contributed by atoms with Crippen molar-refractivity contribution in [1.29, 1.82) is 0 Å². The minimum atomic E-state index is -3.74. The van der Waals surface area contributed by atoms with Crippen LogP contribution in [0.2, 0.25) is 10.0 Å². The summed E-state index contributed by atoms with van der Waals surface area (Å²) < 4.78 is 44.4. The molecule has 0 aromatic heterocycles. The number of sulfone groups is 1. The summed E-state index contributed by atoms with van der Waals surface area (Å²) in [5.74, 6) is -2.46. The van der Waals surface area contributed by atoms with Crippen LogP contribution in [0, 0.1) is 5.82 Å². The average Bonchev–Trinajstić information content (AvgIpc) is 3.65. The van der Waals surface area contributed by atoms with Gasteiger partial charge >= 0.3 is 0 Å². The number of morpholine rings is 1. The summed E-state index contributed by atoms with van der Waals surface area (Å²) in [5.41, 5.74) is 2.98. The van der Waals surface area contributed by atoms with E-state index in [1.807, 2.05) is 6.07 Å². The summed E-state index contributed by atoms with van der Waals surface area (Å²) >= 11 is 12.0. The van der Waals surface area contributed by atoms with Crippen LogP contribution in [0.3, 0.4) is 0 Å². The van der Waals surface area contributed by atoms with Gasteiger partial charge in [-0.3, -0.25) is 9.59 Å². The van der Waals surface area contributed by atoms with Crippen molar-refractivity contribution in [3.05, 3.63) is 75.2 Å². The molecule has 1 atom stereocenters. The minimum Gasteiger partial charge on any atom is -0.387 e. The fourth-order valence-corrected chi connectivity index (χ4v) is 5.59. The molecule has 1 aliphatic heterocycles. The second kappa shape index (κ2) is 11.8. The van der Waals surface area contributed by atoms with Crippen molar-refractivity contribution in [2.45, 2.75) is 12.5 Å². The van der Waals surface area contributed by atoms with Crippen molar-refractivity contribution in [2.75, 3.05) is 44.4 Å². The number of amides is 2. The van der Waals surface area contributed by atoms with E-state index < -0.39 is 39.3 Å². The highest BCUT2D eigenvalue weighted by Gasteiger charge is 2.32. The van der Waals surface area contributed by atoms with Crippen LogP contribution in [0.25, 0.3) is 5.57 Å². The lowest BCUT2D eigenvalue weighted by molar-refractivity contribution is -0.136. The number of allylic oxidation sites excluding steroid dienone is 2. The third-order valence-corrected chi connectivity index (χ3v) is 8.47. The number of nitrogens with one attached hydrogen (secondary N) is 2. The molecule has 2 aromatic carbocycles. The fourth-order valence-electron chi connectivity index (χ4n) is 3.98. The molecular weight excluding hydrogens is 544 g/mol. The molecule has 0 unspecified atom stereocenters. The highest BCUT2D eigenvalue weighted by molar-refractivity contribution is 7.91. The van der Waals surface area contributed by atoms with Crippen molar-refractivity contribution < 1.29 is 27.1 Å². The van der Waals surface area contributed by atoms with Gasteiger partial charge in [-0.25, -0.2) is 12.8 Å². The minimum absolute atomic E-state index is 0.121. The molecule has 2 amide bonds. The standard InChI is InChI=1S/C25H26Cl2FN3O5S/c26-20-6-3-17(13-21(20)27)19-14-22(19)29-7-12-37(34,35)15-23(25(33)31-8-10-36-11-9-31)30-24(32)16-1-4-18(28)5-2-16/h1-6,13,23,29H,7-12,14-15H2,(H,30,32)/t23-/m1/s1. The van der Waals surface area contributed by atoms with Gasteiger partial charge in [-0.1, -0.05) is 29.3 Å². The maximum atomic E-state index is 13.2. The first-order chi connectivity index (χ1) is 17.6. The smallest absolute Gasteiger partial charge is 0.251 e. The van der Waals surface area contributed by atoms with Crippen LogP contribution < -0.4 is 10.6 Å². The fraction of sp³-hybridized carbons (Fsp3) is 0.360. The van der Waals surface area contributed by atoms with Gasteiger partial charge in [-0.2, -0.15) is 0 Å². The van der Waals surface area contributed by atoms with E-state index in [0.717, 1.165) is 29.0 Å². The molecule has 1 fully saturated rings. The monoisotopic (exact) mass is 569 g/mol. The Bertz CT molecular complexity index is 1310. The van der Waals surface area contributed by atoms with Gasteiger partial charge in [0.1, 0.15) is 11.9 Å². The quantitative estimate of drug-likeness (QED) is 0.456. The summed E-state index contributed by atoms with van der Waals surface area (Å²) in [6.45, 7) is 1.41. The second-order valence-corrected chi connectivity index (χ2v) is 11.8. The summed E-state index contributed by atoms with van der Waals surface area (Å²) in [6.07, 6.45) is 0.684. The van der Waals surface area contributed by atoms with Crippen molar-refractivity contribution in [1.82, 2.24) is 15.5 Å². The zero-order valence-electron chi connectivity index (χ0n) is 19.8. The summed E-state index contributed by atoms with van der Waals surface area (Å²) in [4.78, 5) is 27.3. The first-order valence-electron chi connectivity index (χ1n) is 11.7. The van der Waals surface area contributed by atoms with E-state index in [-0.39, 0.29) is 17.9 Å². The molecule has 2 aliphatic rings. The molecule has 0 spiro atoms. The van der Waals surface area contributed by atoms with E-state index in [2.05, 4.69) is 10.6 Å². The molecule has 2 N–H and O–H groups in total. The Morgan fingerprint density at radius 3 is 2.43 bits per heavy atom. The number of halogens is 3. The third-order valence-electron chi connectivity index (χ3n) is 6.07. The molecule has 1 saturated heterocycles. The maximum absolute atomic E-state index is 13.2. The van der Waals surface area contributed by atoms with Gasteiger partial charge in [0.2, 0.25) is 5.91 Å². The van der Waals surface area contributed by atoms with Crippen LogP contribution in [-0.4, -0.2) is 75.5 Å². The van der Waals surface area contributed by atoms with Crippen LogP contribution in [-0.2, 0) is 19.4 Å². The Kier molecular flexibility index (Phi) is 8.74. The largest absolute Gasteiger partial charge is 0.387 e. The van der Waals surface area contributed by atoms with Crippen LogP contribution >= 0.6 is 23.2 Å². The first kappa shape index (κ1) is 27.4. The van der Waals surface area contributed by atoms with Gasteiger partial charge < -0.3 is 20.3 Å². The van der Waals surface area contributed by atoms with E-state index in [1.165, 1.54) is 17.0 Å². The molecule has 1 aliphatic carbocycles. The lowest BCUT2D eigenvalue weighted by atomic mass is 10.2. The number of benzene rings is 2. The Hall–Kier alpha value is -2.66. The highest BCUT2D eigenvalue weighted by Crippen LogP contribution is 2.39. The SMILES string of the molecule is O=C(N[C@H](CS(=O)(=O)CCNC1=C(c2ccc(Cl)c(Cl)c2)C1)C(=O)N1CCOCC1)c1ccc(F)cc1. The lowest BCUT2D eigenvalue weighted by Crippen LogP contribution is -2.54. The molecule has 4 rings (SSSR count). The summed E-state index contributed by atoms with van der Waals surface area (Å²) in [5, 5.41) is 6.56. The Labute approximate surface area is 224 Å². The van der Waals surface area contributed by atoms with E-state index in [9.17, 15) is 22.4 Å². The summed E-state index contributed by atoms with van der Waals surface area (Å²) in [6, 6.07) is 8.81. The van der Waals surface area contributed by atoms with Crippen molar-refractivity contribution in [3.8, 4) is 0 Å². The van der Waals surface area contributed by atoms with Gasteiger partial charge in [-0.15, -0.1) is 0 Å². The first-order valence-corrected chi connectivity index (χ1v) is 14.3. The van der Waals surface area contributed by atoms with Crippen molar-refractivity contribution >= 4 is 50.4 Å². The van der Waals surface area contributed by atoms with Crippen LogP contribution in [0.5, 0.6) is 0 Å². The Morgan fingerprint density at radius 2 is 1.76 bits per heavy atom. The van der Waals surface area contributed by atoms with Gasteiger partial charge in [0.25, 0.3) is 5.91 Å². The van der Waals surface area contributed by atoms with Crippen LogP contribution in [0.1, 0.15) is 22.3 Å². The van der Waals surface area contributed by atoms with Crippen molar-refractivity contribution in [3.63, 3.8) is 0 Å². The highest BCUT2D eigenvalue weighted by atomic mass is 35.5. The topological polar surface area (TPSA) is 105 Å². The molecule has 0 radical (unpaired) electrons. The zero-order valence-corrected chi connectivity index (χ0v) is 22.1. The van der Waals surface area contributed by atoms with Crippen molar-refractivity contribution in [2.24, 2.45) is 0 Å². The van der Waals surface area contributed by atoms with E-state index in [0.29, 0.717) is 42.8 Å². The summed E-state index contributed by atoms with van der Waals surface area (Å²) in [7, 11) is -3.74. The molecular formula is C25H26Cl2FN3O5S. The molecule has 37 heavy (non-hydrogen) atoms. The molecule has 2 aromatic rings. The van der Waals surface area contributed by atoms with Gasteiger partial charge in [0.05, 0.1) is 34.8 Å².